The van der Waals surface area contributed by atoms with Gasteiger partial charge in [0.2, 0.25) is 0 Å². The van der Waals surface area contributed by atoms with Gasteiger partial charge in [0.25, 0.3) is 0 Å². The highest BCUT2D eigenvalue weighted by Crippen LogP contribution is 2.29. The Balaban J connectivity index is 2.41. The normalized spacial score (nSPS) is 11.1. The number of hydrogen-bond donors (Lipinski definition) is 1. The number of halogens is 1. The predicted molar refractivity (Wildman–Crippen MR) is 79.0 cm³/mol. The molecule has 0 aromatic carbocycles. The van der Waals surface area contributed by atoms with Gasteiger partial charge in [0.05, 0.1) is 8.66 Å². The lowest BCUT2D eigenvalue weighted by atomic mass is 10.1. The molecule has 0 aliphatic carbocycles. The van der Waals surface area contributed by atoms with Crippen molar-refractivity contribution in [3.8, 4) is 10.7 Å². The molecule has 2 aromatic rings. The van der Waals surface area contributed by atoms with Gasteiger partial charge >= 0.3 is 0 Å². The van der Waals surface area contributed by atoms with E-state index in [0.29, 0.717) is 10.6 Å². The SMILES string of the molecule is CC(C)Cc1cc(=S)nc(-c2ccc(Br)s2)[nH]1. The van der Waals surface area contributed by atoms with Crippen LogP contribution < -0.4 is 0 Å². The van der Waals surface area contributed by atoms with Crippen LogP contribution in [-0.2, 0) is 6.42 Å². The van der Waals surface area contributed by atoms with Gasteiger partial charge in [0, 0.05) is 5.69 Å². The minimum absolute atomic E-state index is 0.603. The fraction of sp³-hybridized carbons (Fsp3) is 0.333. The van der Waals surface area contributed by atoms with Crippen LogP contribution in [0.3, 0.4) is 0 Å². The second-order valence-electron chi connectivity index (χ2n) is 4.29. The molecule has 0 saturated heterocycles. The third-order valence-electron chi connectivity index (χ3n) is 2.23. The molecular formula is C12H13BrN2S2. The first-order chi connectivity index (χ1) is 8.04. The highest BCUT2D eigenvalue weighted by molar-refractivity contribution is 9.11. The number of H-pyrrole nitrogens is 1. The van der Waals surface area contributed by atoms with Crippen molar-refractivity contribution in [1.82, 2.24) is 9.97 Å². The highest BCUT2D eigenvalue weighted by Gasteiger charge is 2.06. The molecule has 2 nitrogen and oxygen atoms in total. The minimum Gasteiger partial charge on any atom is -0.342 e. The smallest absolute Gasteiger partial charge is 0.149 e. The van der Waals surface area contributed by atoms with Gasteiger partial charge in [-0.05, 0) is 46.5 Å². The zero-order chi connectivity index (χ0) is 12.4. The first-order valence-electron chi connectivity index (χ1n) is 5.40. The maximum Gasteiger partial charge on any atom is 0.149 e. The van der Waals surface area contributed by atoms with Crippen molar-refractivity contribution in [3.63, 3.8) is 0 Å². The van der Waals surface area contributed by atoms with E-state index in [1.165, 1.54) is 0 Å². The summed E-state index contributed by atoms with van der Waals surface area (Å²) in [6, 6.07) is 6.01. The highest BCUT2D eigenvalue weighted by atomic mass is 79.9. The molecule has 0 aliphatic rings. The molecule has 2 heterocycles. The van der Waals surface area contributed by atoms with Crippen molar-refractivity contribution in [2.24, 2.45) is 5.92 Å². The Labute approximate surface area is 118 Å². The van der Waals surface area contributed by atoms with Crippen molar-refractivity contribution in [3.05, 3.63) is 32.3 Å². The fourth-order valence-electron chi connectivity index (χ4n) is 1.62. The van der Waals surface area contributed by atoms with E-state index in [1.807, 2.05) is 18.2 Å². The number of aromatic nitrogens is 2. The number of hydrogen-bond acceptors (Lipinski definition) is 3. The molecule has 2 aromatic heterocycles. The van der Waals surface area contributed by atoms with Crippen LogP contribution in [0.5, 0.6) is 0 Å². The van der Waals surface area contributed by atoms with Crippen LogP contribution in [0, 0.1) is 10.6 Å². The van der Waals surface area contributed by atoms with E-state index in [-0.39, 0.29) is 0 Å². The van der Waals surface area contributed by atoms with Crippen molar-refractivity contribution in [2.45, 2.75) is 20.3 Å². The summed E-state index contributed by atoms with van der Waals surface area (Å²) < 4.78 is 1.75. The van der Waals surface area contributed by atoms with Crippen LogP contribution in [0.2, 0.25) is 0 Å². The van der Waals surface area contributed by atoms with Gasteiger partial charge in [-0.25, -0.2) is 4.98 Å². The van der Waals surface area contributed by atoms with E-state index in [0.717, 1.165) is 26.6 Å². The Morgan fingerprint density at radius 3 is 2.82 bits per heavy atom. The number of nitrogens with one attached hydrogen (secondary N) is 1. The number of thiophene rings is 1. The molecule has 0 aliphatic heterocycles. The molecule has 0 saturated carbocycles. The summed E-state index contributed by atoms with van der Waals surface area (Å²) in [6.07, 6.45) is 0.992. The first kappa shape index (κ1) is 12.9. The lowest BCUT2D eigenvalue weighted by molar-refractivity contribution is 0.634. The Hall–Kier alpha value is -0.520. The summed E-state index contributed by atoms with van der Waals surface area (Å²) in [5.41, 5.74) is 1.15. The zero-order valence-corrected chi connectivity index (χ0v) is 12.9. The Morgan fingerprint density at radius 2 is 2.24 bits per heavy atom. The maximum absolute atomic E-state index is 5.21. The summed E-state index contributed by atoms with van der Waals surface area (Å²) >= 11 is 10.3. The van der Waals surface area contributed by atoms with E-state index in [4.69, 9.17) is 12.2 Å². The molecule has 5 heteroatoms. The zero-order valence-electron chi connectivity index (χ0n) is 9.66. The molecule has 17 heavy (non-hydrogen) atoms. The van der Waals surface area contributed by atoms with Crippen molar-refractivity contribution >= 4 is 39.5 Å². The van der Waals surface area contributed by atoms with E-state index >= 15 is 0 Å². The van der Waals surface area contributed by atoms with Gasteiger partial charge < -0.3 is 4.98 Å². The summed E-state index contributed by atoms with van der Waals surface area (Å²) in [5.74, 6) is 1.47. The molecule has 0 radical (unpaired) electrons. The average Bonchev–Trinajstić information content (AvgIpc) is 2.62. The number of rotatable bonds is 3. The predicted octanol–water partition coefficient (Wildman–Crippen LogP) is 4.83. The molecule has 2 rings (SSSR count). The van der Waals surface area contributed by atoms with Crippen molar-refractivity contribution < 1.29 is 0 Å². The molecule has 0 spiro atoms. The summed E-state index contributed by atoms with van der Waals surface area (Å²) in [5, 5.41) is 0. The van der Waals surface area contributed by atoms with Crippen LogP contribution in [0.15, 0.2) is 22.0 Å². The Bertz CT molecular complexity index is 572. The van der Waals surface area contributed by atoms with Crippen LogP contribution in [0.1, 0.15) is 19.5 Å². The monoisotopic (exact) mass is 328 g/mol. The van der Waals surface area contributed by atoms with Crippen molar-refractivity contribution in [1.29, 1.82) is 0 Å². The Morgan fingerprint density at radius 1 is 1.47 bits per heavy atom. The van der Waals surface area contributed by atoms with Gasteiger partial charge in [-0.15, -0.1) is 11.3 Å². The van der Waals surface area contributed by atoms with Gasteiger partial charge in [-0.2, -0.15) is 0 Å². The van der Waals surface area contributed by atoms with Gasteiger partial charge in [0.1, 0.15) is 10.5 Å². The molecule has 0 atom stereocenters. The van der Waals surface area contributed by atoms with Crippen LogP contribution in [0.4, 0.5) is 0 Å². The average molecular weight is 329 g/mol. The third-order valence-corrected chi connectivity index (χ3v) is 4.07. The van der Waals surface area contributed by atoms with Crippen LogP contribution in [-0.4, -0.2) is 9.97 Å². The lowest BCUT2D eigenvalue weighted by Crippen LogP contribution is -2.00. The van der Waals surface area contributed by atoms with E-state index in [9.17, 15) is 0 Å². The molecule has 0 bridgehead atoms. The van der Waals surface area contributed by atoms with E-state index in [1.54, 1.807) is 11.3 Å². The quantitative estimate of drug-likeness (QED) is 0.817. The largest absolute Gasteiger partial charge is 0.342 e. The summed E-state index contributed by atoms with van der Waals surface area (Å²) in [7, 11) is 0. The topological polar surface area (TPSA) is 28.7 Å². The van der Waals surface area contributed by atoms with Gasteiger partial charge in [0.15, 0.2) is 0 Å². The summed E-state index contributed by atoms with van der Waals surface area (Å²) in [4.78, 5) is 8.84. The second-order valence-corrected chi connectivity index (χ2v) is 7.18. The molecular weight excluding hydrogens is 316 g/mol. The van der Waals surface area contributed by atoms with Crippen LogP contribution >= 0.6 is 39.5 Å². The van der Waals surface area contributed by atoms with E-state index < -0.39 is 0 Å². The molecule has 0 unspecified atom stereocenters. The molecule has 0 fully saturated rings. The third kappa shape index (κ3) is 3.47. The molecule has 90 valence electrons. The van der Waals surface area contributed by atoms with Gasteiger partial charge in [-0.1, -0.05) is 26.1 Å². The van der Waals surface area contributed by atoms with Crippen molar-refractivity contribution in [2.75, 3.05) is 0 Å². The molecule has 0 amide bonds. The maximum atomic E-state index is 5.21. The standard InChI is InChI=1S/C12H13BrN2S2/c1-7(2)5-8-6-11(16)15-12(14-8)9-3-4-10(13)17-9/h3-4,6-7H,5H2,1-2H3,(H,14,15,16). The first-order valence-corrected chi connectivity index (χ1v) is 7.42. The minimum atomic E-state index is 0.603. The summed E-state index contributed by atoms with van der Waals surface area (Å²) in [6.45, 7) is 4.39. The van der Waals surface area contributed by atoms with Gasteiger partial charge in [-0.3, -0.25) is 0 Å². The lowest BCUT2D eigenvalue weighted by Gasteiger charge is -2.06. The second kappa shape index (κ2) is 5.42. The van der Waals surface area contributed by atoms with E-state index in [2.05, 4.69) is 39.7 Å². The van der Waals surface area contributed by atoms with Crippen LogP contribution in [0.25, 0.3) is 10.7 Å². The fourth-order valence-corrected chi connectivity index (χ4v) is 3.18. The number of nitrogens with zero attached hydrogens (tertiary/aromatic N) is 1. The number of aromatic amines is 1. The molecule has 1 N–H and O–H groups in total. The Kier molecular flexibility index (Phi) is 4.12.